The molecule has 0 unspecified atom stereocenters. The summed E-state index contributed by atoms with van der Waals surface area (Å²) < 4.78 is 0. The molecule has 0 amide bonds. The Morgan fingerprint density at radius 3 is 2.41 bits per heavy atom. The number of benzene rings is 2. The molecule has 17 heavy (non-hydrogen) atoms. The zero-order valence-electron chi connectivity index (χ0n) is 10.2. The topological polar surface area (TPSA) is 20.2 Å². The minimum absolute atomic E-state index is 0.316. The smallest absolute Gasteiger partial charge is 0.115 e. The van der Waals surface area contributed by atoms with Crippen LogP contribution in [0.5, 0.6) is 5.75 Å². The molecule has 0 fully saturated rings. The normalized spacial score (nSPS) is 10.4. The van der Waals surface area contributed by atoms with E-state index in [0.717, 1.165) is 12.0 Å². The van der Waals surface area contributed by atoms with Gasteiger partial charge < -0.3 is 5.11 Å². The van der Waals surface area contributed by atoms with Gasteiger partial charge in [0.2, 0.25) is 0 Å². The first-order valence-corrected chi connectivity index (χ1v) is 6.18. The standard InChI is InChI=1S/C16H18O/c1-2-3-5-13-6-4-7-15(12-13)14-8-10-16(17)11-9-14/h4,6-12,17H,2-3,5H2,1H3. The van der Waals surface area contributed by atoms with Gasteiger partial charge >= 0.3 is 0 Å². The van der Waals surface area contributed by atoms with Gasteiger partial charge in [-0.2, -0.15) is 0 Å². The van der Waals surface area contributed by atoms with Crippen LogP contribution in [-0.4, -0.2) is 5.11 Å². The second kappa shape index (κ2) is 5.53. The van der Waals surface area contributed by atoms with Crippen molar-refractivity contribution >= 4 is 0 Å². The van der Waals surface area contributed by atoms with Crippen LogP contribution in [0.3, 0.4) is 0 Å². The number of rotatable bonds is 4. The van der Waals surface area contributed by atoms with E-state index in [-0.39, 0.29) is 0 Å². The maximum Gasteiger partial charge on any atom is 0.115 e. The average molecular weight is 226 g/mol. The Labute approximate surface area is 103 Å². The highest BCUT2D eigenvalue weighted by atomic mass is 16.3. The quantitative estimate of drug-likeness (QED) is 0.819. The first-order valence-electron chi connectivity index (χ1n) is 6.18. The monoisotopic (exact) mass is 226 g/mol. The molecule has 0 atom stereocenters. The summed E-state index contributed by atoms with van der Waals surface area (Å²) in [6.45, 7) is 2.21. The maximum atomic E-state index is 9.27. The predicted molar refractivity (Wildman–Crippen MR) is 72.2 cm³/mol. The summed E-state index contributed by atoms with van der Waals surface area (Å²) in [7, 11) is 0. The third-order valence-corrected chi connectivity index (χ3v) is 2.95. The molecular formula is C16H18O. The number of aromatic hydroxyl groups is 1. The lowest BCUT2D eigenvalue weighted by Crippen LogP contribution is -1.85. The molecule has 0 aromatic heterocycles. The van der Waals surface area contributed by atoms with Gasteiger partial charge in [-0.25, -0.2) is 0 Å². The molecule has 0 saturated heterocycles. The summed E-state index contributed by atoms with van der Waals surface area (Å²) in [4.78, 5) is 0. The predicted octanol–water partition coefficient (Wildman–Crippen LogP) is 4.40. The maximum absolute atomic E-state index is 9.27. The fraction of sp³-hybridized carbons (Fsp3) is 0.250. The van der Waals surface area contributed by atoms with Crippen LogP contribution in [-0.2, 0) is 6.42 Å². The Morgan fingerprint density at radius 2 is 1.71 bits per heavy atom. The van der Waals surface area contributed by atoms with E-state index >= 15 is 0 Å². The van der Waals surface area contributed by atoms with Crippen LogP contribution in [0.1, 0.15) is 25.3 Å². The lowest BCUT2D eigenvalue weighted by molar-refractivity contribution is 0.475. The zero-order valence-corrected chi connectivity index (χ0v) is 10.2. The molecular weight excluding hydrogens is 208 g/mol. The highest BCUT2D eigenvalue weighted by Gasteiger charge is 1.99. The molecule has 0 aliphatic rings. The molecule has 88 valence electrons. The molecule has 1 nitrogen and oxygen atoms in total. The molecule has 0 spiro atoms. The molecule has 2 aromatic carbocycles. The summed E-state index contributed by atoms with van der Waals surface area (Å²) in [5, 5.41) is 9.27. The van der Waals surface area contributed by atoms with Gasteiger partial charge in [0.1, 0.15) is 5.75 Å². The van der Waals surface area contributed by atoms with Crippen LogP contribution in [0.15, 0.2) is 48.5 Å². The van der Waals surface area contributed by atoms with E-state index in [1.807, 2.05) is 12.1 Å². The molecule has 0 saturated carbocycles. The van der Waals surface area contributed by atoms with E-state index in [4.69, 9.17) is 0 Å². The van der Waals surface area contributed by atoms with Crippen molar-refractivity contribution in [1.29, 1.82) is 0 Å². The molecule has 0 radical (unpaired) electrons. The fourth-order valence-corrected chi connectivity index (χ4v) is 1.94. The van der Waals surface area contributed by atoms with Crippen molar-refractivity contribution in [3.05, 3.63) is 54.1 Å². The van der Waals surface area contributed by atoms with E-state index < -0.39 is 0 Å². The summed E-state index contributed by atoms with van der Waals surface area (Å²) in [6.07, 6.45) is 3.60. The highest BCUT2D eigenvalue weighted by Crippen LogP contribution is 2.23. The van der Waals surface area contributed by atoms with Gasteiger partial charge in [-0.15, -0.1) is 0 Å². The third-order valence-electron chi connectivity index (χ3n) is 2.95. The Kier molecular flexibility index (Phi) is 3.81. The lowest BCUT2D eigenvalue weighted by atomic mass is 10.0. The number of aryl methyl sites for hydroxylation is 1. The third kappa shape index (κ3) is 3.10. The number of hydrogen-bond donors (Lipinski definition) is 1. The van der Waals surface area contributed by atoms with E-state index in [9.17, 15) is 5.11 Å². The van der Waals surface area contributed by atoms with Crippen molar-refractivity contribution in [1.82, 2.24) is 0 Å². The summed E-state index contributed by atoms with van der Waals surface area (Å²) in [6, 6.07) is 16.0. The van der Waals surface area contributed by atoms with E-state index in [1.54, 1.807) is 12.1 Å². The van der Waals surface area contributed by atoms with Gasteiger partial charge in [-0.05, 0) is 41.7 Å². The van der Waals surface area contributed by atoms with Gasteiger partial charge in [-0.1, -0.05) is 49.7 Å². The van der Waals surface area contributed by atoms with Crippen molar-refractivity contribution in [2.75, 3.05) is 0 Å². The van der Waals surface area contributed by atoms with Crippen molar-refractivity contribution in [3.8, 4) is 16.9 Å². The molecule has 0 bridgehead atoms. The minimum atomic E-state index is 0.316. The van der Waals surface area contributed by atoms with Crippen molar-refractivity contribution in [3.63, 3.8) is 0 Å². The molecule has 0 heterocycles. The minimum Gasteiger partial charge on any atom is -0.508 e. The Hall–Kier alpha value is -1.76. The van der Waals surface area contributed by atoms with Gasteiger partial charge in [0.05, 0.1) is 0 Å². The van der Waals surface area contributed by atoms with E-state index in [0.29, 0.717) is 5.75 Å². The Bertz CT molecular complexity index is 471. The van der Waals surface area contributed by atoms with Crippen LogP contribution in [0.25, 0.3) is 11.1 Å². The summed E-state index contributed by atoms with van der Waals surface area (Å²) >= 11 is 0. The van der Waals surface area contributed by atoms with Crippen LogP contribution < -0.4 is 0 Å². The Balaban J connectivity index is 2.23. The van der Waals surface area contributed by atoms with Crippen molar-refractivity contribution in [2.45, 2.75) is 26.2 Å². The SMILES string of the molecule is CCCCc1cccc(-c2ccc(O)cc2)c1. The first kappa shape index (κ1) is 11.7. The highest BCUT2D eigenvalue weighted by molar-refractivity contribution is 5.64. The number of hydrogen-bond acceptors (Lipinski definition) is 1. The number of phenols is 1. The van der Waals surface area contributed by atoms with Crippen molar-refractivity contribution < 1.29 is 5.11 Å². The zero-order chi connectivity index (χ0) is 12.1. The van der Waals surface area contributed by atoms with Gasteiger partial charge in [0.25, 0.3) is 0 Å². The van der Waals surface area contributed by atoms with Crippen molar-refractivity contribution in [2.24, 2.45) is 0 Å². The summed E-state index contributed by atoms with van der Waals surface area (Å²) in [5.41, 5.74) is 3.76. The molecule has 0 aliphatic heterocycles. The van der Waals surface area contributed by atoms with Gasteiger partial charge in [-0.3, -0.25) is 0 Å². The Morgan fingerprint density at radius 1 is 0.941 bits per heavy atom. The van der Waals surface area contributed by atoms with Crippen LogP contribution in [0.4, 0.5) is 0 Å². The lowest BCUT2D eigenvalue weighted by Gasteiger charge is -2.05. The molecule has 1 heteroatoms. The summed E-state index contributed by atoms with van der Waals surface area (Å²) in [5.74, 6) is 0.316. The second-order valence-corrected chi connectivity index (χ2v) is 4.35. The van der Waals surface area contributed by atoms with Gasteiger partial charge in [0, 0.05) is 0 Å². The number of unbranched alkanes of at least 4 members (excludes halogenated alkanes) is 1. The molecule has 2 rings (SSSR count). The van der Waals surface area contributed by atoms with Crippen LogP contribution >= 0.6 is 0 Å². The first-order chi connectivity index (χ1) is 8.29. The number of phenolic OH excluding ortho intramolecular Hbond substituents is 1. The molecule has 1 N–H and O–H groups in total. The largest absolute Gasteiger partial charge is 0.508 e. The second-order valence-electron chi connectivity index (χ2n) is 4.35. The fourth-order valence-electron chi connectivity index (χ4n) is 1.94. The van der Waals surface area contributed by atoms with E-state index in [1.165, 1.54) is 24.0 Å². The van der Waals surface area contributed by atoms with Crippen LogP contribution in [0, 0.1) is 0 Å². The molecule has 2 aromatic rings. The van der Waals surface area contributed by atoms with Gasteiger partial charge in [0.15, 0.2) is 0 Å². The molecule has 0 aliphatic carbocycles. The average Bonchev–Trinajstić information content (AvgIpc) is 2.37. The van der Waals surface area contributed by atoms with Crippen LogP contribution in [0.2, 0.25) is 0 Å². The van der Waals surface area contributed by atoms with E-state index in [2.05, 4.69) is 31.2 Å².